The maximum Gasteiger partial charge on any atom is 0.485 e. The van der Waals surface area contributed by atoms with E-state index in [1.165, 1.54) is 12.4 Å². The predicted octanol–water partition coefficient (Wildman–Crippen LogP) is 4.44. The topological polar surface area (TPSA) is 199 Å². The number of sulfonamides is 2. The van der Waals surface area contributed by atoms with Crippen molar-refractivity contribution in [3.05, 3.63) is 4.13 Å². The molecule has 0 aromatic rings. The molecule has 0 saturated carbocycles. The molecule has 0 heterocycles. The van der Waals surface area contributed by atoms with Crippen molar-refractivity contribution in [1.29, 1.82) is 10.5 Å². The fraction of sp³-hybridized carbons (Fsp3) is 0.600. The number of halogens is 16. The van der Waals surface area contributed by atoms with Crippen LogP contribution in [0.5, 0.6) is 0 Å². The van der Waals surface area contributed by atoms with E-state index in [-0.39, 0.29) is 6.26 Å². The molecule has 0 aliphatic heterocycles. The van der Waals surface area contributed by atoms with Crippen LogP contribution < -0.4 is 5.32 Å². The number of rotatable bonds is 2. The Kier molecular flexibility index (Phi) is 15.9. The standard InChI is InChI=1S/C2H3F3NO4S2.C2HN3.CHF3O3S.BF4.F6P/c1-11(7,8)6-12(9,10)2(3,4)5;3-1-5-2-4;2-1(3,4)8(5,6)7;2-1(3,4)5;1-7(2,3,4,5)6/h1H3;5H;(H,5,6,7);;/q-1;;;2*-1/p-1. The summed E-state index contributed by atoms with van der Waals surface area (Å²) in [5.41, 5.74) is -11.3. The van der Waals surface area contributed by atoms with Crippen LogP contribution in [-0.2, 0) is 30.2 Å². The van der Waals surface area contributed by atoms with Crippen molar-refractivity contribution < 1.29 is 98.6 Å². The maximum absolute atomic E-state index is 11.4. The van der Waals surface area contributed by atoms with Gasteiger partial charge in [0.25, 0.3) is 0 Å². The van der Waals surface area contributed by atoms with Crippen molar-refractivity contribution >= 4 is 45.2 Å². The van der Waals surface area contributed by atoms with Gasteiger partial charge in [0.15, 0.2) is 32.5 Å². The van der Waals surface area contributed by atoms with Crippen LogP contribution in [0.2, 0.25) is 0 Å². The third kappa shape index (κ3) is 60.4. The number of nitriles is 2. The average Bonchev–Trinajstić information content (AvgIpc) is 2.37. The molecule has 0 bridgehead atoms. The molecule has 0 aromatic heterocycles. The van der Waals surface area contributed by atoms with Gasteiger partial charge in [-0.25, -0.2) is 30.6 Å². The number of hydrogen-bond donors (Lipinski definition) is 1. The molecule has 0 radical (unpaired) electrons. The largest absolute Gasteiger partial charge is 0.741 e. The molecule has 0 unspecified atom stereocenters. The van der Waals surface area contributed by atoms with Gasteiger partial charge >= 0.3 is 51.3 Å². The first-order chi connectivity index (χ1) is 15.1. The molecule has 0 aliphatic rings. The minimum absolute atomic E-state index is 0.246. The Morgan fingerprint density at radius 1 is 0.757 bits per heavy atom. The Labute approximate surface area is 194 Å². The van der Waals surface area contributed by atoms with Gasteiger partial charge in [0.2, 0.25) is 0 Å². The first-order valence-electron chi connectivity index (χ1n) is 6.32. The Balaban J connectivity index is -0.000000121. The summed E-state index contributed by atoms with van der Waals surface area (Å²) in [5, 5.41) is 16.7. The fourth-order valence-electron chi connectivity index (χ4n) is 0.246. The molecule has 37 heavy (non-hydrogen) atoms. The van der Waals surface area contributed by atoms with Gasteiger partial charge in [0.05, 0.1) is 10.0 Å². The van der Waals surface area contributed by atoms with E-state index in [2.05, 4.69) is 0 Å². The van der Waals surface area contributed by atoms with Crippen molar-refractivity contribution in [2.75, 3.05) is 6.26 Å². The van der Waals surface area contributed by atoms with Gasteiger partial charge in [-0.3, -0.25) is 0 Å². The summed E-state index contributed by atoms with van der Waals surface area (Å²) < 4.78 is 233. The van der Waals surface area contributed by atoms with Crippen LogP contribution >= 0.6 is 7.81 Å². The molecule has 0 aliphatic carbocycles. The molecule has 0 aromatic carbocycles. The Morgan fingerprint density at radius 3 is 0.973 bits per heavy atom. The summed E-state index contributed by atoms with van der Waals surface area (Å²) in [6.45, 7) is 0. The molecule has 0 atom stereocenters. The second-order valence-corrected chi connectivity index (χ2v) is 11.2. The molecule has 11 nitrogen and oxygen atoms in total. The van der Waals surface area contributed by atoms with Gasteiger partial charge in [0.1, 0.15) is 0 Å². The van der Waals surface area contributed by atoms with Gasteiger partial charge in [-0.1, -0.05) is 0 Å². The zero-order valence-corrected chi connectivity index (χ0v) is 19.3. The first-order valence-corrected chi connectivity index (χ1v) is 13.0. The summed E-state index contributed by atoms with van der Waals surface area (Å²) in [6.07, 6.45) is 3.06. The van der Waals surface area contributed by atoms with Crippen LogP contribution in [0, 0.1) is 22.9 Å². The Bertz CT molecular complexity index is 1080. The zero-order valence-electron chi connectivity index (χ0n) is 16.0. The van der Waals surface area contributed by atoms with Crippen LogP contribution in [0.15, 0.2) is 0 Å². The third-order valence-electron chi connectivity index (χ3n) is 0.921. The fourth-order valence-corrected chi connectivity index (χ4v) is 2.01. The van der Waals surface area contributed by atoms with E-state index in [1.54, 1.807) is 9.44 Å². The molecule has 0 fully saturated rings. The summed E-state index contributed by atoms with van der Waals surface area (Å²) >= 11 is 0. The first kappa shape index (κ1) is 44.9. The molecule has 1 N–H and O–H groups in total. The molecule has 228 valence electrons. The monoisotopic (exact) mass is 674 g/mol. The van der Waals surface area contributed by atoms with Crippen LogP contribution in [0.4, 0.5) is 68.8 Å². The SMILES string of the molecule is CS(=O)(=O)[N-]S(=O)(=O)C(F)(F)F.F[B-](F)(F)F.F[P-](F)(F)(F)(F)F.N#CNC#N.O=S(=O)([O-])C(F)(F)F. The van der Waals surface area contributed by atoms with Crippen LogP contribution in [-0.4, -0.2) is 54.3 Å². The minimum atomic E-state index is -10.7. The van der Waals surface area contributed by atoms with Crippen molar-refractivity contribution in [3.8, 4) is 12.4 Å². The van der Waals surface area contributed by atoms with Gasteiger partial charge < -0.3 is 25.9 Å². The molecule has 32 heteroatoms. The van der Waals surface area contributed by atoms with E-state index in [4.69, 9.17) is 23.5 Å². The van der Waals surface area contributed by atoms with Crippen LogP contribution in [0.1, 0.15) is 0 Å². The normalized spacial score (nSPS) is 14.3. The summed E-state index contributed by atoms with van der Waals surface area (Å²) in [4.78, 5) is 0. The number of nitrogens with zero attached hydrogens (tertiary/aromatic N) is 3. The minimum Gasteiger partial charge on any atom is -0.741 e. The maximum atomic E-state index is 11.4. The van der Waals surface area contributed by atoms with Crippen LogP contribution in [0.3, 0.4) is 0 Å². The summed E-state index contributed by atoms with van der Waals surface area (Å²) in [7, 11) is -33.2. The summed E-state index contributed by atoms with van der Waals surface area (Å²) in [5.74, 6) is 0. The van der Waals surface area contributed by atoms with Crippen molar-refractivity contribution in [3.63, 3.8) is 0 Å². The third-order valence-corrected chi connectivity index (χ3v) is 3.94. The molecular weight excluding hydrogens is 670 g/mol. The number of alkyl halides is 6. The van der Waals surface area contributed by atoms with E-state index in [0.29, 0.717) is 0 Å². The average molecular weight is 674 g/mol. The quantitative estimate of drug-likeness (QED) is 0.0831. The van der Waals surface area contributed by atoms with Crippen LogP contribution in [0.25, 0.3) is 4.13 Å². The van der Waals surface area contributed by atoms with E-state index >= 15 is 0 Å². The van der Waals surface area contributed by atoms with E-state index in [9.17, 15) is 85.6 Å². The molecule has 0 saturated heterocycles. The van der Waals surface area contributed by atoms with Crippen molar-refractivity contribution in [2.45, 2.75) is 11.0 Å². The van der Waals surface area contributed by atoms with E-state index < -0.39 is 56.2 Å². The summed E-state index contributed by atoms with van der Waals surface area (Å²) in [6, 6.07) is 0. The number of hydrogen-bond acceptors (Lipinski definition) is 10. The second kappa shape index (κ2) is 13.1. The molecule has 0 rings (SSSR count). The molecular formula is C5H4BF16N4O7PS3-4. The smallest absolute Gasteiger partial charge is 0.485 e. The van der Waals surface area contributed by atoms with Gasteiger partial charge in [-0.05, 0) is 0 Å². The van der Waals surface area contributed by atoms with E-state index in [1.807, 2.05) is 0 Å². The van der Waals surface area contributed by atoms with Gasteiger partial charge in [-0.15, -0.1) is 0 Å². The Morgan fingerprint density at radius 2 is 0.946 bits per heavy atom. The molecule has 0 spiro atoms. The van der Waals surface area contributed by atoms with Crippen molar-refractivity contribution in [1.82, 2.24) is 5.32 Å². The predicted molar refractivity (Wildman–Crippen MR) is 87.0 cm³/mol. The zero-order chi connectivity index (χ0) is 32.2. The molecule has 0 amide bonds. The second-order valence-electron chi connectivity index (χ2n) is 4.43. The van der Waals surface area contributed by atoms with E-state index in [0.717, 1.165) is 0 Å². The van der Waals surface area contributed by atoms with Gasteiger partial charge in [-0.2, -0.15) is 36.9 Å². The Hall–Kier alpha value is -2.08. The number of nitrogens with one attached hydrogen (secondary N) is 1. The van der Waals surface area contributed by atoms with Gasteiger partial charge in [0, 0.05) is 6.26 Å². The van der Waals surface area contributed by atoms with Crippen molar-refractivity contribution in [2.24, 2.45) is 0 Å².